The standard InChI is InChI=1S/C13H21NO5S/c1-4-13(2,3)14-11(15)8-19-12(16)7-10-5-6-20(17,18)9-10/h5-6,10H,4,7-9H2,1-3H3,(H,14,15). The number of ether oxygens (including phenoxy) is 1. The van der Waals surface area contributed by atoms with Crippen molar-refractivity contribution in [2.75, 3.05) is 12.4 Å². The zero-order chi connectivity index (χ0) is 15.4. The highest BCUT2D eigenvalue weighted by atomic mass is 32.2. The lowest BCUT2D eigenvalue weighted by Gasteiger charge is -2.24. The lowest BCUT2D eigenvalue weighted by atomic mass is 10.0. The number of carbonyl (C=O) groups is 2. The van der Waals surface area contributed by atoms with Gasteiger partial charge in [-0.25, -0.2) is 8.42 Å². The fraction of sp³-hybridized carbons (Fsp3) is 0.692. The molecule has 0 aromatic heterocycles. The molecule has 0 aromatic rings. The Balaban J connectivity index is 2.31. The Kier molecular flexibility index (Phi) is 5.33. The number of hydrogen-bond acceptors (Lipinski definition) is 5. The molecule has 1 heterocycles. The van der Waals surface area contributed by atoms with Gasteiger partial charge in [0.05, 0.1) is 12.2 Å². The second-order valence-corrected chi connectivity index (χ2v) is 7.50. The summed E-state index contributed by atoms with van der Waals surface area (Å²) in [4.78, 5) is 23.1. The molecule has 6 nitrogen and oxygen atoms in total. The molecule has 1 rings (SSSR count). The monoisotopic (exact) mass is 303 g/mol. The summed E-state index contributed by atoms with van der Waals surface area (Å²) in [6, 6.07) is 0. The Bertz CT molecular complexity index is 507. The molecule has 20 heavy (non-hydrogen) atoms. The quantitative estimate of drug-likeness (QED) is 0.732. The molecule has 0 saturated carbocycles. The van der Waals surface area contributed by atoms with Crippen molar-refractivity contribution in [1.82, 2.24) is 5.32 Å². The first-order valence-corrected chi connectivity index (χ1v) is 8.23. The van der Waals surface area contributed by atoms with Crippen LogP contribution in [0.1, 0.15) is 33.6 Å². The van der Waals surface area contributed by atoms with Crippen molar-refractivity contribution in [2.45, 2.75) is 39.2 Å². The van der Waals surface area contributed by atoms with Gasteiger partial charge >= 0.3 is 5.97 Å². The summed E-state index contributed by atoms with van der Waals surface area (Å²) in [6.45, 7) is 5.35. The fourth-order valence-corrected chi connectivity index (χ4v) is 3.09. The van der Waals surface area contributed by atoms with Gasteiger partial charge in [0, 0.05) is 16.9 Å². The molecule has 0 aromatic carbocycles. The maximum atomic E-state index is 11.6. The van der Waals surface area contributed by atoms with Crippen molar-refractivity contribution in [3.8, 4) is 0 Å². The zero-order valence-corrected chi connectivity index (χ0v) is 12.8. The van der Waals surface area contributed by atoms with Gasteiger partial charge in [-0.2, -0.15) is 0 Å². The van der Waals surface area contributed by atoms with Crippen LogP contribution in [0.2, 0.25) is 0 Å². The number of hydrogen-bond donors (Lipinski definition) is 1. The summed E-state index contributed by atoms with van der Waals surface area (Å²) >= 11 is 0. The largest absolute Gasteiger partial charge is 0.456 e. The van der Waals surface area contributed by atoms with E-state index in [4.69, 9.17) is 4.74 Å². The van der Waals surface area contributed by atoms with Crippen LogP contribution >= 0.6 is 0 Å². The molecular weight excluding hydrogens is 282 g/mol. The molecule has 7 heteroatoms. The van der Waals surface area contributed by atoms with Gasteiger partial charge in [0.2, 0.25) is 0 Å². The average Bonchev–Trinajstić information content (AvgIpc) is 2.65. The summed E-state index contributed by atoms with van der Waals surface area (Å²) in [6.07, 6.45) is 2.22. The molecule has 1 aliphatic heterocycles. The number of allylic oxidation sites excluding steroid dienone is 1. The highest BCUT2D eigenvalue weighted by molar-refractivity contribution is 7.94. The fourth-order valence-electron chi connectivity index (χ4n) is 1.69. The molecular formula is C13H21NO5S. The Morgan fingerprint density at radius 1 is 1.40 bits per heavy atom. The van der Waals surface area contributed by atoms with Crippen LogP contribution in [0.15, 0.2) is 11.5 Å². The summed E-state index contributed by atoms with van der Waals surface area (Å²) in [5.41, 5.74) is -0.342. The number of amides is 1. The Morgan fingerprint density at radius 3 is 2.55 bits per heavy atom. The molecule has 1 aliphatic rings. The Labute approximate surface area is 119 Å². The van der Waals surface area contributed by atoms with Gasteiger partial charge < -0.3 is 10.1 Å². The molecule has 1 atom stereocenters. The van der Waals surface area contributed by atoms with Crippen molar-refractivity contribution in [3.05, 3.63) is 11.5 Å². The molecule has 0 aliphatic carbocycles. The molecule has 1 unspecified atom stereocenters. The van der Waals surface area contributed by atoms with Crippen molar-refractivity contribution in [2.24, 2.45) is 5.92 Å². The van der Waals surface area contributed by atoms with Crippen LogP contribution in [-0.4, -0.2) is 38.2 Å². The van der Waals surface area contributed by atoms with Crippen LogP contribution < -0.4 is 5.32 Å². The molecule has 1 amide bonds. The number of sulfone groups is 1. The number of carbonyl (C=O) groups excluding carboxylic acids is 2. The topological polar surface area (TPSA) is 89.5 Å². The minimum atomic E-state index is -3.17. The third kappa shape index (κ3) is 5.73. The SMILES string of the molecule is CCC(C)(C)NC(=O)COC(=O)CC1C=CS(=O)(=O)C1. The van der Waals surface area contributed by atoms with E-state index in [1.165, 1.54) is 6.08 Å². The van der Waals surface area contributed by atoms with Crippen LogP contribution in [0.5, 0.6) is 0 Å². The van der Waals surface area contributed by atoms with Gasteiger partial charge in [0.1, 0.15) is 0 Å². The maximum absolute atomic E-state index is 11.6. The van der Waals surface area contributed by atoms with E-state index in [0.717, 1.165) is 11.8 Å². The van der Waals surface area contributed by atoms with Gasteiger partial charge in [-0.15, -0.1) is 0 Å². The van der Waals surface area contributed by atoms with Gasteiger partial charge in [0.25, 0.3) is 5.91 Å². The normalized spacial score (nSPS) is 20.6. The first-order valence-electron chi connectivity index (χ1n) is 6.51. The third-order valence-corrected chi connectivity index (χ3v) is 4.62. The van der Waals surface area contributed by atoms with Crippen LogP contribution in [0.4, 0.5) is 0 Å². The first kappa shape index (κ1) is 16.7. The van der Waals surface area contributed by atoms with Crippen molar-refractivity contribution < 1.29 is 22.7 Å². The lowest BCUT2D eigenvalue weighted by Crippen LogP contribution is -2.44. The van der Waals surface area contributed by atoms with E-state index in [2.05, 4.69) is 5.32 Å². The van der Waals surface area contributed by atoms with Gasteiger partial charge in [0.15, 0.2) is 16.4 Å². The summed E-state index contributed by atoms with van der Waals surface area (Å²) in [5.74, 6) is -1.36. The molecule has 0 radical (unpaired) electrons. The van der Waals surface area contributed by atoms with E-state index in [9.17, 15) is 18.0 Å². The van der Waals surface area contributed by atoms with E-state index in [-0.39, 0.29) is 36.1 Å². The zero-order valence-electron chi connectivity index (χ0n) is 12.0. The number of nitrogens with one attached hydrogen (secondary N) is 1. The van der Waals surface area contributed by atoms with Crippen molar-refractivity contribution in [3.63, 3.8) is 0 Å². The second-order valence-electron chi connectivity index (χ2n) is 5.57. The molecule has 1 N–H and O–H groups in total. The first-order chi connectivity index (χ1) is 9.13. The van der Waals surface area contributed by atoms with Crippen LogP contribution in [0, 0.1) is 5.92 Å². The summed E-state index contributed by atoms with van der Waals surface area (Å²) in [5, 5.41) is 3.85. The molecule has 0 bridgehead atoms. The smallest absolute Gasteiger partial charge is 0.306 e. The van der Waals surface area contributed by atoms with Gasteiger partial charge in [-0.3, -0.25) is 9.59 Å². The highest BCUT2D eigenvalue weighted by Crippen LogP contribution is 2.18. The highest BCUT2D eigenvalue weighted by Gasteiger charge is 2.25. The molecule has 0 fully saturated rings. The van der Waals surface area contributed by atoms with E-state index in [1.807, 2.05) is 20.8 Å². The minimum Gasteiger partial charge on any atom is -0.456 e. The van der Waals surface area contributed by atoms with E-state index < -0.39 is 15.8 Å². The van der Waals surface area contributed by atoms with Crippen molar-refractivity contribution >= 4 is 21.7 Å². The average molecular weight is 303 g/mol. The maximum Gasteiger partial charge on any atom is 0.306 e. The van der Waals surface area contributed by atoms with Gasteiger partial charge in [-0.05, 0) is 20.3 Å². The minimum absolute atomic E-state index is 0.0276. The Hall–Kier alpha value is -1.37. The van der Waals surface area contributed by atoms with Crippen LogP contribution in [0.25, 0.3) is 0 Å². The van der Waals surface area contributed by atoms with Gasteiger partial charge in [-0.1, -0.05) is 13.0 Å². The molecule has 114 valence electrons. The number of esters is 1. The summed E-state index contributed by atoms with van der Waals surface area (Å²) in [7, 11) is -3.17. The lowest BCUT2D eigenvalue weighted by molar-refractivity contribution is -0.149. The summed E-state index contributed by atoms with van der Waals surface area (Å²) < 4.78 is 27.2. The predicted molar refractivity (Wildman–Crippen MR) is 74.5 cm³/mol. The second kappa shape index (κ2) is 6.39. The Morgan fingerprint density at radius 2 is 2.05 bits per heavy atom. The van der Waals surface area contributed by atoms with Crippen LogP contribution in [0.3, 0.4) is 0 Å². The van der Waals surface area contributed by atoms with Crippen molar-refractivity contribution in [1.29, 1.82) is 0 Å². The molecule has 0 spiro atoms. The van der Waals surface area contributed by atoms with E-state index in [1.54, 1.807) is 0 Å². The predicted octanol–water partition coefficient (Wildman–Crippen LogP) is 0.783. The number of rotatable bonds is 6. The van der Waals surface area contributed by atoms with E-state index in [0.29, 0.717) is 0 Å². The van der Waals surface area contributed by atoms with E-state index >= 15 is 0 Å². The molecule has 0 saturated heterocycles. The third-order valence-electron chi connectivity index (χ3n) is 3.16. The van der Waals surface area contributed by atoms with Crippen LogP contribution in [-0.2, 0) is 24.2 Å².